The Hall–Kier alpha value is -0.930. The van der Waals surface area contributed by atoms with Gasteiger partial charge in [0.2, 0.25) is 0 Å². The number of nitriles is 1. The maximum absolute atomic E-state index is 9.05. The zero-order chi connectivity index (χ0) is 13.4. The summed E-state index contributed by atoms with van der Waals surface area (Å²) in [5, 5.41) is 11.1. The number of rotatable bonds is 1. The van der Waals surface area contributed by atoms with Crippen LogP contribution in [0.2, 0.25) is 0 Å². The predicted octanol–water partition coefficient (Wildman–Crippen LogP) is 1.62. The van der Waals surface area contributed by atoms with E-state index in [9.17, 15) is 0 Å². The monoisotopic (exact) mass is 277 g/mol. The molecule has 0 saturated carbocycles. The summed E-state index contributed by atoms with van der Waals surface area (Å²) < 4.78 is 6.05. The number of piperazine rings is 1. The topological polar surface area (TPSA) is 39.5 Å². The van der Waals surface area contributed by atoms with E-state index in [1.807, 2.05) is 6.92 Å². The lowest BCUT2D eigenvalue weighted by Crippen LogP contribution is -2.57. The molecule has 2 atom stereocenters. The summed E-state index contributed by atoms with van der Waals surface area (Å²) in [4.78, 5) is 5.73. The highest BCUT2D eigenvalue weighted by Gasteiger charge is 2.34. The normalized spacial score (nSPS) is 28.9. The molecule has 2 fully saturated rings. The number of morpholine rings is 1. The van der Waals surface area contributed by atoms with Crippen molar-refractivity contribution in [2.24, 2.45) is 0 Å². The molecule has 1 aromatic rings. The molecule has 0 N–H and O–H groups in total. The minimum atomic E-state index is 0.137. The van der Waals surface area contributed by atoms with Gasteiger partial charge in [0, 0.05) is 32.2 Å². The average molecular weight is 277 g/mol. The highest BCUT2D eigenvalue weighted by molar-refractivity contribution is 7.10. The number of thiophene rings is 1. The standard InChI is InChI=1S/C14H19N3OS/c1-10-12(9-19-14(10)5-15)13-7-17-4-3-16(2)6-11(17)8-18-13/h9,11,13H,3-4,6-8H2,1-2H3. The fraction of sp³-hybridized carbons (Fsp3) is 0.643. The van der Waals surface area contributed by atoms with Crippen LogP contribution in [0.1, 0.15) is 22.1 Å². The lowest BCUT2D eigenvalue weighted by atomic mass is 10.0. The van der Waals surface area contributed by atoms with E-state index in [2.05, 4.69) is 28.3 Å². The summed E-state index contributed by atoms with van der Waals surface area (Å²) in [6.45, 7) is 7.14. The first-order valence-electron chi connectivity index (χ1n) is 6.71. The number of hydrogen-bond acceptors (Lipinski definition) is 5. The Morgan fingerprint density at radius 1 is 1.42 bits per heavy atom. The van der Waals surface area contributed by atoms with Gasteiger partial charge in [-0.1, -0.05) is 0 Å². The molecule has 2 unspecified atom stereocenters. The van der Waals surface area contributed by atoms with Crippen molar-refractivity contribution in [1.29, 1.82) is 5.26 Å². The van der Waals surface area contributed by atoms with Gasteiger partial charge in [-0.05, 0) is 30.5 Å². The van der Waals surface area contributed by atoms with Crippen LogP contribution in [0, 0.1) is 18.3 Å². The van der Waals surface area contributed by atoms with Crippen LogP contribution in [-0.4, -0.2) is 55.7 Å². The van der Waals surface area contributed by atoms with Crippen molar-refractivity contribution in [3.63, 3.8) is 0 Å². The molecule has 102 valence electrons. The minimum absolute atomic E-state index is 0.137. The highest BCUT2D eigenvalue weighted by atomic mass is 32.1. The van der Waals surface area contributed by atoms with E-state index in [4.69, 9.17) is 10.00 Å². The van der Waals surface area contributed by atoms with E-state index in [1.165, 1.54) is 16.9 Å². The number of hydrogen-bond donors (Lipinski definition) is 0. The SMILES string of the molecule is Cc1c(C2CN3CCN(C)CC3CO2)csc1C#N. The van der Waals surface area contributed by atoms with Crippen LogP contribution in [-0.2, 0) is 4.74 Å². The Morgan fingerprint density at radius 2 is 2.26 bits per heavy atom. The second-order valence-corrected chi connectivity index (χ2v) is 6.37. The van der Waals surface area contributed by atoms with Crippen LogP contribution in [0.3, 0.4) is 0 Å². The van der Waals surface area contributed by atoms with E-state index in [0.29, 0.717) is 6.04 Å². The zero-order valence-electron chi connectivity index (χ0n) is 11.4. The summed E-state index contributed by atoms with van der Waals surface area (Å²) in [6.07, 6.45) is 0.137. The van der Waals surface area contributed by atoms with Gasteiger partial charge in [-0.25, -0.2) is 0 Å². The van der Waals surface area contributed by atoms with Crippen molar-refractivity contribution >= 4 is 11.3 Å². The van der Waals surface area contributed by atoms with Gasteiger partial charge in [0.25, 0.3) is 0 Å². The largest absolute Gasteiger partial charge is 0.370 e. The molecular weight excluding hydrogens is 258 g/mol. The molecule has 1 aromatic heterocycles. The van der Waals surface area contributed by atoms with E-state index in [0.717, 1.165) is 43.2 Å². The van der Waals surface area contributed by atoms with Crippen molar-refractivity contribution in [2.45, 2.75) is 19.1 Å². The summed E-state index contributed by atoms with van der Waals surface area (Å²) in [6, 6.07) is 2.79. The van der Waals surface area contributed by atoms with Crippen LogP contribution in [0.15, 0.2) is 5.38 Å². The summed E-state index contributed by atoms with van der Waals surface area (Å²) in [5.41, 5.74) is 2.31. The molecule has 0 spiro atoms. The van der Waals surface area contributed by atoms with Crippen molar-refractivity contribution in [2.75, 3.05) is 39.8 Å². The van der Waals surface area contributed by atoms with Gasteiger partial charge in [-0.2, -0.15) is 5.26 Å². The molecule has 3 heterocycles. The lowest BCUT2D eigenvalue weighted by Gasteiger charge is -2.45. The van der Waals surface area contributed by atoms with Crippen molar-refractivity contribution in [1.82, 2.24) is 9.80 Å². The molecule has 3 rings (SSSR count). The molecule has 2 aliphatic rings. The summed E-state index contributed by atoms with van der Waals surface area (Å²) in [5.74, 6) is 0. The predicted molar refractivity (Wildman–Crippen MR) is 75.3 cm³/mol. The maximum Gasteiger partial charge on any atom is 0.110 e. The second-order valence-electron chi connectivity index (χ2n) is 5.49. The van der Waals surface area contributed by atoms with E-state index >= 15 is 0 Å². The maximum atomic E-state index is 9.05. The molecule has 0 radical (unpaired) electrons. The van der Waals surface area contributed by atoms with Crippen LogP contribution >= 0.6 is 11.3 Å². The van der Waals surface area contributed by atoms with Gasteiger partial charge < -0.3 is 9.64 Å². The van der Waals surface area contributed by atoms with Crippen LogP contribution in [0.25, 0.3) is 0 Å². The quantitative estimate of drug-likeness (QED) is 0.782. The van der Waals surface area contributed by atoms with Gasteiger partial charge in [0.1, 0.15) is 10.9 Å². The third-order valence-electron chi connectivity index (χ3n) is 4.22. The Bertz CT molecular complexity index is 507. The molecule has 0 amide bonds. The number of fused-ring (bicyclic) bond motifs is 1. The first-order valence-corrected chi connectivity index (χ1v) is 7.59. The van der Waals surface area contributed by atoms with Crippen LogP contribution < -0.4 is 0 Å². The third kappa shape index (κ3) is 2.41. The first kappa shape index (κ1) is 13.1. The Labute approximate surface area is 118 Å². The highest BCUT2D eigenvalue weighted by Crippen LogP contribution is 2.32. The van der Waals surface area contributed by atoms with Gasteiger partial charge in [-0.15, -0.1) is 11.3 Å². The Kier molecular flexibility index (Phi) is 3.59. The van der Waals surface area contributed by atoms with E-state index < -0.39 is 0 Å². The molecule has 2 saturated heterocycles. The molecular formula is C14H19N3OS. The fourth-order valence-electron chi connectivity index (χ4n) is 2.99. The smallest absolute Gasteiger partial charge is 0.110 e. The molecule has 5 heteroatoms. The first-order chi connectivity index (χ1) is 9.19. The number of nitrogens with zero attached hydrogens (tertiary/aromatic N) is 3. The Balaban J connectivity index is 1.74. The van der Waals surface area contributed by atoms with Gasteiger partial charge in [0.15, 0.2) is 0 Å². The molecule has 4 nitrogen and oxygen atoms in total. The third-order valence-corrected chi connectivity index (χ3v) is 5.23. The lowest BCUT2D eigenvalue weighted by molar-refractivity contribution is -0.0873. The molecule has 2 aliphatic heterocycles. The van der Waals surface area contributed by atoms with Gasteiger partial charge in [-0.3, -0.25) is 4.90 Å². The van der Waals surface area contributed by atoms with Crippen LogP contribution in [0.5, 0.6) is 0 Å². The van der Waals surface area contributed by atoms with Gasteiger partial charge in [0.05, 0.1) is 12.7 Å². The van der Waals surface area contributed by atoms with Gasteiger partial charge >= 0.3 is 0 Å². The van der Waals surface area contributed by atoms with E-state index in [-0.39, 0.29) is 6.10 Å². The number of ether oxygens (including phenoxy) is 1. The summed E-state index contributed by atoms with van der Waals surface area (Å²) >= 11 is 1.53. The average Bonchev–Trinajstić information content (AvgIpc) is 2.79. The van der Waals surface area contributed by atoms with E-state index in [1.54, 1.807) is 0 Å². The second kappa shape index (κ2) is 5.22. The minimum Gasteiger partial charge on any atom is -0.370 e. The van der Waals surface area contributed by atoms with Crippen LogP contribution in [0.4, 0.5) is 0 Å². The van der Waals surface area contributed by atoms with Crippen molar-refractivity contribution in [3.05, 3.63) is 21.4 Å². The molecule has 19 heavy (non-hydrogen) atoms. The van der Waals surface area contributed by atoms with Crippen molar-refractivity contribution < 1.29 is 4.74 Å². The van der Waals surface area contributed by atoms with Crippen molar-refractivity contribution in [3.8, 4) is 6.07 Å². The molecule has 0 bridgehead atoms. The zero-order valence-corrected chi connectivity index (χ0v) is 12.2. The Morgan fingerprint density at radius 3 is 3.00 bits per heavy atom. The molecule has 0 aliphatic carbocycles. The molecule has 0 aromatic carbocycles. The number of likely N-dealkylation sites (N-methyl/N-ethyl adjacent to an activating group) is 1. The summed E-state index contributed by atoms with van der Waals surface area (Å²) in [7, 11) is 2.17. The fourth-order valence-corrected chi connectivity index (χ4v) is 3.91.